The molecule has 0 aliphatic heterocycles. The van der Waals surface area contributed by atoms with E-state index in [-0.39, 0.29) is 11.6 Å². The number of hydrogen-bond acceptors (Lipinski definition) is 2. The predicted octanol–water partition coefficient (Wildman–Crippen LogP) is 1.19. The van der Waals surface area contributed by atoms with Gasteiger partial charge >= 0.3 is 5.69 Å². The first-order valence-corrected chi connectivity index (χ1v) is 6.81. The largest absolute Gasteiger partial charge is 0.356 e. The lowest BCUT2D eigenvalue weighted by molar-refractivity contribution is -0.120. The highest BCUT2D eigenvalue weighted by Gasteiger charge is 2.10. The van der Waals surface area contributed by atoms with Gasteiger partial charge in [0, 0.05) is 20.6 Å². The zero-order chi connectivity index (χ0) is 14.9. The van der Waals surface area contributed by atoms with Gasteiger partial charge in [-0.2, -0.15) is 0 Å². The third kappa shape index (κ3) is 2.76. The molecule has 1 heterocycles. The highest BCUT2D eigenvalue weighted by atomic mass is 16.2. The van der Waals surface area contributed by atoms with E-state index in [0.29, 0.717) is 18.9 Å². The Balaban J connectivity index is 2.22. The summed E-state index contributed by atoms with van der Waals surface area (Å²) >= 11 is 0. The van der Waals surface area contributed by atoms with Crippen LogP contribution < -0.4 is 11.0 Å². The van der Waals surface area contributed by atoms with E-state index in [4.69, 9.17) is 0 Å². The van der Waals surface area contributed by atoms with Gasteiger partial charge in [0.05, 0.1) is 17.5 Å². The number of carbonyl (C=O) groups is 1. The summed E-state index contributed by atoms with van der Waals surface area (Å²) in [6.07, 6.45) is 0.339. The molecule has 20 heavy (non-hydrogen) atoms. The van der Waals surface area contributed by atoms with Gasteiger partial charge in [0.2, 0.25) is 5.91 Å². The van der Waals surface area contributed by atoms with Crippen LogP contribution in [0.3, 0.4) is 0 Å². The minimum atomic E-state index is -0.0543. The lowest BCUT2D eigenvalue weighted by Crippen LogP contribution is -2.28. The third-order valence-corrected chi connectivity index (χ3v) is 3.41. The van der Waals surface area contributed by atoms with Gasteiger partial charge < -0.3 is 5.32 Å². The number of fused-ring (bicyclic) bond motifs is 1. The number of rotatable bonds is 4. The number of hydrogen-bond donors (Lipinski definition) is 1. The first kappa shape index (κ1) is 14.4. The standard InChI is InChI=1S/C15H21N3O2/c1-10(2)9-16-14(19)8-11-5-6-12-13(7-11)18(4)15(20)17(12)3/h5-7,10H,8-9H2,1-4H3,(H,16,19). The first-order chi connectivity index (χ1) is 9.40. The third-order valence-electron chi connectivity index (χ3n) is 3.41. The summed E-state index contributed by atoms with van der Waals surface area (Å²) in [6, 6.07) is 5.70. The lowest BCUT2D eigenvalue weighted by atomic mass is 10.1. The molecule has 0 atom stereocenters. The van der Waals surface area contributed by atoms with Gasteiger partial charge in [0.1, 0.15) is 0 Å². The smallest absolute Gasteiger partial charge is 0.328 e. The number of aromatic nitrogens is 2. The highest BCUT2D eigenvalue weighted by molar-refractivity contribution is 5.82. The summed E-state index contributed by atoms with van der Waals surface area (Å²) in [5, 5.41) is 2.90. The number of benzene rings is 1. The van der Waals surface area contributed by atoms with Crippen LogP contribution in [0.4, 0.5) is 0 Å². The second kappa shape index (κ2) is 5.53. The molecule has 5 nitrogen and oxygen atoms in total. The van der Waals surface area contributed by atoms with Crippen molar-refractivity contribution in [1.82, 2.24) is 14.5 Å². The molecular weight excluding hydrogens is 254 g/mol. The van der Waals surface area contributed by atoms with Crippen LogP contribution in [0, 0.1) is 5.92 Å². The summed E-state index contributed by atoms with van der Waals surface area (Å²) in [4.78, 5) is 23.7. The second-order valence-corrected chi connectivity index (χ2v) is 5.60. The van der Waals surface area contributed by atoms with Gasteiger partial charge in [0.15, 0.2) is 0 Å². The fourth-order valence-corrected chi connectivity index (χ4v) is 2.23. The van der Waals surface area contributed by atoms with E-state index in [1.165, 1.54) is 0 Å². The number of nitrogens with zero attached hydrogens (tertiary/aromatic N) is 2. The molecule has 0 saturated carbocycles. The number of amides is 1. The average molecular weight is 275 g/mol. The average Bonchev–Trinajstić information content (AvgIpc) is 2.62. The number of imidazole rings is 1. The van der Waals surface area contributed by atoms with Crippen LogP contribution >= 0.6 is 0 Å². The molecule has 5 heteroatoms. The van der Waals surface area contributed by atoms with Gasteiger partial charge in [-0.15, -0.1) is 0 Å². The Morgan fingerprint density at radius 2 is 1.85 bits per heavy atom. The van der Waals surface area contributed by atoms with Crippen LogP contribution in [0.1, 0.15) is 19.4 Å². The van der Waals surface area contributed by atoms with Crippen LogP contribution in [-0.4, -0.2) is 21.6 Å². The molecule has 1 aromatic carbocycles. The molecule has 1 aromatic heterocycles. The fourth-order valence-electron chi connectivity index (χ4n) is 2.23. The van der Waals surface area contributed by atoms with Crippen molar-refractivity contribution < 1.29 is 4.79 Å². The molecule has 1 amide bonds. The van der Waals surface area contributed by atoms with Crippen LogP contribution in [0.15, 0.2) is 23.0 Å². The predicted molar refractivity (Wildman–Crippen MR) is 79.7 cm³/mol. The Morgan fingerprint density at radius 1 is 1.20 bits per heavy atom. The van der Waals surface area contributed by atoms with Crippen molar-refractivity contribution in [2.45, 2.75) is 20.3 Å². The summed E-state index contributed by atoms with van der Waals surface area (Å²) in [5.74, 6) is 0.454. The monoisotopic (exact) mass is 275 g/mol. The van der Waals surface area contributed by atoms with E-state index < -0.39 is 0 Å². The molecule has 0 aliphatic carbocycles. The van der Waals surface area contributed by atoms with Crippen LogP contribution in [0.2, 0.25) is 0 Å². The van der Waals surface area contributed by atoms with Gasteiger partial charge in [-0.25, -0.2) is 4.79 Å². The molecule has 2 aromatic rings. The van der Waals surface area contributed by atoms with E-state index in [9.17, 15) is 9.59 Å². The van der Waals surface area contributed by atoms with Crippen molar-refractivity contribution in [1.29, 1.82) is 0 Å². The molecule has 0 bridgehead atoms. The molecule has 0 unspecified atom stereocenters. The summed E-state index contributed by atoms with van der Waals surface area (Å²) in [7, 11) is 3.49. The molecule has 0 saturated heterocycles. The molecule has 0 aliphatic rings. The first-order valence-electron chi connectivity index (χ1n) is 6.81. The summed E-state index contributed by atoms with van der Waals surface area (Å²) in [6.45, 7) is 4.81. The van der Waals surface area contributed by atoms with Crippen molar-refractivity contribution in [3.63, 3.8) is 0 Å². The van der Waals surface area contributed by atoms with Gasteiger partial charge in [0.25, 0.3) is 0 Å². The fraction of sp³-hybridized carbons (Fsp3) is 0.467. The highest BCUT2D eigenvalue weighted by Crippen LogP contribution is 2.14. The Kier molecular flexibility index (Phi) is 3.97. The molecule has 2 rings (SSSR count). The van der Waals surface area contributed by atoms with Gasteiger partial charge in [-0.05, 0) is 23.6 Å². The minimum absolute atomic E-state index is 0.0129. The lowest BCUT2D eigenvalue weighted by Gasteiger charge is -2.08. The van der Waals surface area contributed by atoms with E-state index in [1.807, 2.05) is 18.2 Å². The molecule has 0 spiro atoms. The van der Waals surface area contributed by atoms with E-state index in [1.54, 1.807) is 23.2 Å². The Morgan fingerprint density at radius 3 is 2.50 bits per heavy atom. The van der Waals surface area contributed by atoms with Crippen LogP contribution in [-0.2, 0) is 25.3 Å². The Labute approximate surface area is 118 Å². The zero-order valence-corrected chi connectivity index (χ0v) is 12.4. The number of carbonyl (C=O) groups excluding carboxylic acids is 1. The van der Waals surface area contributed by atoms with Gasteiger partial charge in [-0.3, -0.25) is 13.9 Å². The maximum Gasteiger partial charge on any atom is 0.328 e. The zero-order valence-electron chi connectivity index (χ0n) is 12.4. The SMILES string of the molecule is CC(C)CNC(=O)Cc1ccc2c(c1)n(C)c(=O)n2C. The van der Waals surface area contributed by atoms with E-state index in [0.717, 1.165) is 16.6 Å². The normalized spacial score (nSPS) is 11.2. The van der Waals surface area contributed by atoms with Gasteiger partial charge in [-0.1, -0.05) is 19.9 Å². The molecule has 0 fully saturated rings. The van der Waals surface area contributed by atoms with Crippen molar-refractivity contribution in [3.8, 4) is 0 Å². The molecular formula is C15H21N3O2. The quantitative estimate of drug-likeness (QED) is 0.911. The van der Waals surface area contributed by atoms with E-state index in [2.05, 4.69) is 19.2 Å². The minimum Gasteiger partial charge on any atom is -0.356 e. The number of nitrogens with one attached hydrogen (secondary N) is 1. The topological polar surface area (TPSA) is 56.0 Å². The second-order valence-electron chi connectivity index (χ2n) is 5.60. The Hall–Kier alpha value is -2.04. The maximum absolute atomic E-state index is 11.8. The van der Waals surface area contributed by atoms with Crippen molar-refractivity contribution >= 4 is 16.9 Å². The molecule has 108 valence electrons. The molecule has 1 N–H and O–H groups in total. The van der Waals surface area contributed by atoms with Crippen molar-refractivity contribution in [2.24, 2.45) is 20.0 Å². The van der Waals surface area contributed by atoms with Crippen LogP contribution in [0.5, 0.6) is 0 Å². The van der Waals surface area contributed by atoms with Crippen LogP contribution in [0.25, 0.3) is 11.0 Å². The Bertz CT molecular complexity index is 695. The summed E-state index contributed by atoms with van der Waals surface area (Å²) in [5.41, 5.74) is 2.59. The maximum atomic E-state index is 11.8. The van der Waals surface area contributed by atoms with E-state index >= 15 is 0 Å². The van der Waals surface area contributed by atoms with Crippen molar-refractivity contribution in [3.05, 3.63) is 34.2 Å². The summed E-state index contributed by atoms with van der Waals surface area (Å²) < 4.78 is 3.21. The molecule has 0 radical (unpaired) electrons. The number of aryl methyl sites for hydroxylation is 2. The van der Waals surface area contributed by atoms with Crippen molar-refractivity contribution in [2.75, 3.05) is 6.54 Å².